The average molecular weight is 379 g/mol. The number of anilines is 1. The Hall–Kier alpha value is -2.64. The van der Waals surface area contributed by atoms with Crippen molar-refractivity contribution in [2.75, 3.05) is 5.32 Å². The van der Waals surface area contributed by atoms with Gasteiger partial charge in [-0.3, -0.25) is 9.59 Å². The summed E-state index contributed by atoms with van der Waals surface area (Å²) in [5.74, 6) is -0.0332. The fourth-order valence-electron chi connectivity index (χ4n) is 2.25. The highest BCUT2D eigenvalue weighted by molar-refractivity contribution is 5.97. The molecule has 140 valence electrons. The van der Waals surface area contributed by atoms with Gasteiger partial charge in [-0.2, -0.15) is 0 Å². The van der Waals surface area contributed by atoms with Gasteiger partial charge in [0.05, 0.1) is 17.4 Å². The Bertz CT molecular complexity index is 763. The van der Waals surface area contributed by atoms with E-state index in [1.165, 1.54) is 12.3 Å². The van der Waals surface area contributed by atoms with Gasteiger partial charge in [0.2, 0.25) is 17.7 Å². The Kier molecular flexibility index (Phi) is 7.55. The first-order valence-corrected chi connectivity index (χ1v) is 7.96. The van der Waals surface area contributed by atoms with Crippen molar-refractivity contribution < 1.29 is 14.3 Å². The van der Waals surface area contributed by atoms with E-state index in [1.807, 2.05) is 6.92 Å². The quantitative estimate of drug-likeness (QED) is 0.684. The lowest BCUT2D eigenvalue weighted by molar-refractivity contribution is -0.120. The zero-order valence-electron chi connectivity index (χ0n) is 14.7. The van der Waals surface area contributed by atoms with Gasteiger partial charge in [-0.1, -0.05) is 19.4 Å². The number of nitrogens with zero attached hydrogens (tertiary/aromatic N) is 1. The molecular weight excluding hydrogens is 356 g/mol. The van der Waals surface area contributed by atoms with Crippen molar-refractivity contribution in [2.24, 2.45) is 11.5 Å². The largest absolute Gasteiger partial charge is 0.439 e. The summed E-state index contributed by atoms with van der Waals surface area (Å²) in [5.41, 5.74) is 11.2. The zero-order chi connectivity index (χ0) is 18.4. The van der Waals surface area contributed by atoms with Crippen LogP contribution in [0.5, 0.6) is 11.6 Å². The van der Waals surface area contributed by atoms with Crippen LogP contribution in [0.15, 0.2) is 42.6 Å². The van der Waals surface area contributed by atoms with Crippen molar-refractivity contribution >= 4 is 29.9 Å². The molecule has 0 aliphatic heterocycles. The number of primary amides is 1. The summed E-state index contributed by atoms with van der Waals surface area (Å²) in [6.07, 6.45) is 2.88. The van der Waals surface area contributed by atoms with E-state index in [4.69, 9.17) is 16.2 Å². The van der Waals surface area contributed by atoms with Gasteiger partial charge in [0.25, 0.3) is 0 Å². The number of hydrogen-bond acceptors (Lipinski definition) is 5. The third-order valence-corrected chi connectivity index (χ3v) is 3.62. The van der Waals surface area contributed by atoms with Crippen molar-refractivity contribution in [1.29, 1.82) is 0 Å². The number of carbonyl (C=O) groups excluding carboxylic acids is 2. The molecule has 0 spiro atoms. The maximum absolute atomic E-state index is 12.2. The Labute approximate surface area is 158 Å². The number of benzene rings is 1. The van der Waals surface area contributed by atoms with E-state index < -0.39 is 11.4 Å². The van der Waals surface area contributed by atoms with E-state index in [-0.39, 0.29) is 18.3 Å². The van der Waals surface area contributed by atoms with Crippen molar-refractivity contribution in [3.05, 3.63) is 48.2 Å². The molecule has 1 aromatic heterocycles. The third-order valence-electron chi connectivity index (χ3n) is 3.62. The van der Waals surface area contributed by atoms with Crippen molar-refractivity contribution in [2.45, 2.75) is 32.2 Å². The molecule has 0 radical (unpaired) electrons. The summed E-state index contributed by atoms with van der Waals surface area (Å²) in [4.78, 5) is 27.5. The molecule has 26 heavy (non-hydrogen) atoms. The molecule has 0 bridgehead atoms. The number of amides is 2. The second kappa shape index (κ2) is 9.17. The minimum absolute atomic E-state index is 0. The summed E-state index contributed by atoms with van der Waals surface area (Å²) >= 11 is 0. The molecule has 1 heterocycles. The fourth-order valence-corrected chi connectivity index (χ4v) is 2.25. The Balaban J connectivity index is 0.00000338. The standard InChI is InChI=1S/C18H22N4O3.ClH/c1-3-9-18(2,20)17(24)22-13-7-8-15(21-11-13)25-14-6-4-5-12(10-14)16(19)23;/h4-8,10-11H,3,9,20H2,1-2H3,(H2,19,23)(H,22,24);1H. The van der Waals surface area contributed by atoms with Crippen LogP contribution in [0.4, 0.5) is 5.69 Å². The lowest BCUT2D eigenvalue weighted by Crippen LogP contribution is -2.48. The first-order valence-electron chi connectivity index (χ1n) is 7.96. The molecule has 1 atom stereocenters. The minimum atomic E-state index is -0.931. The van der Waals surface area contributed by atoms with Crippen molar-refractivity contribution in [3.63, 3.8) is 0 Å². The van der Waals surface area contributed by atoms with Gasteiger partial charge in [-0.15, -0.1) is 12.4 Å². The van der Waals surface area contributed by atoms with E-state index in [2.05, 4.69) is 10.3 Å². The number of pyridine rings is 1. The van der Waals surface area contributed by atoms with Gasteiger partial charge < -0.3 is 21.5 Å². The topological polar surface area (TPSA) is 120 Å². The van der Waals surface area contributed by atoms with Crippen LogP contribution in [0.3, 0.4) is 0 Å². The maximum Gasteiger partial charge on any atom is 0.248 e. The number of rotatable bonds is 7. The summed E-state index contributed by atoms with van der Waals surface area (Å²) in [6, 6.07) is 9.76. The van der Waals surface area contributed by atoms with Gasteiger partial charge >= 0.3 is 0 Å². The minimum Gasteiger partial charge on any atom is -0.439 e. The second-order valence-corrected chi connectivity index (χ2v) is 6.00. The van der Waals surface area contributed by atoms with Gasteiger partial charge in [-0.05, 0) is 37.6 Å². The summed E-state index contributed by atoms with van der Waals surface area (Å²) in [5, 5.41) is 2.74. The van der Waals surface area contributed by atoms with E-state index in [9.17, 15) is 9.59 Å². The lowest BCUT2D eigenvalue weighted by atomic mass is 9.96. The Morgan fingerprint density at radius 3 is 2.58 bits per heavy atom. The second-order valence-electron chi connectivity index (χ2n) is 6.00. The Morgan fingerprint density at radius 1 is 1.27 bits per heavy atom. The number of aromatic nitrogens is 1. The van der Waals surface area contributed by atoms with Crippen LogP contribution in [-0.4, -0.2) is 22.3 Å². The maximum atomic E-state index is 12.2. The number of nitrogens with one attached hydrogen (secondary N) is 1. The van der Waals surface area contributed by atoms with Gasteiger partial charge in [0.15, 0.2) is 0 Å². The van der Waals surface area contributed by atoms with Crippen LogP contribution in [0.2, 0.25) is 0 Å². The van der Waals surface area contributed by atoms with Gasteiger partial charge in [-0.25, -0.2) is 4.98 Å². The van der Waals surface area contributed by atoms with Crippen LogP contribution in [0, 0.1) is 0 Å². The van der Waals surface area contributed by atoms with E-state index in [0.717, 1.165) is 6.42 Å². The molecule has 0 saturated carbocycles. The molecule has 0 aliphatic carbocycles. The molecule has 2 rings (SSSR count). The molecule has 1 aromatic carbocycles. The molecule has 0 saturated heterocycles. The molecule has 5 N–H and O–H groups in total. The van der Waals surface area contributed by atoms with Crippen LogP contribution < -0.4 is 21.5 Å². The smallest absolute Gasteiger partial charge is 0.248 e. The Morgan fingerprint density at radius 2 is 2.00 bits per heavy atom. The van der Waals surface area contributed by atoms with Crippen LogP contribution in [-0.2, 0) is 4.79 Å². The highest BCUT2D eigenvalue weighted by Crippen LogP contribution is 2.22. The monoisotopic (exact) mass is 378 g/mol. The third kappa shape index (κ3) is 5.72. The van der Waals surface area contributed by atoms with E-state index in [0.29, 0.717) is 29.3 Å². The molecule has 1 unspecified atom stereocenters. The highest BCUT2D eigenvalue weighted by atomic mass is 35.5. The lowest BCUT2D eigenvalue weighted by Gasteiger charge is -2.22. The van der Waals surface area contributed by atoms with Gasteiger partial charge in [0, 0.05) is 11.6 Å². The SMILES string of the molecule is CCCC(C)(N)C(=O)Nc1ccc(Oc2cccc(C(N)=O)c2)nc1.Cl. The number of nitrogens with two attached hydrogens (primary N) is 2. The van der Waals surface area contributed by atoms with Crippen LogP contribution in [0.25, 0.3) is 0 Å². The summed E-state index contributed by atoms with van der Waals surface area (Å²) < 4.78 is 5.58. The summed E-state index contributed by atoms with van der Waals surface area (Å²) in [7, 11) is 0. The van der Waals surface area contributed by atoms with Crippen LogP contribution in [0.1, 0.15) is 37.0 Å². The number of halogens is 1. The van der Waals surface area contributed by atoms with Crippen molar-refractivity contribution in [1.82, 2.24) is 4.98 Å². The molecule has 0 aliphatic rings. The fraction of sp³-hybridized carbons (Fsp3) is 0.278. The average Bonchev–Trinajstić information content (AvgIpc) is 2.57. The van der Waals surface area contributed by atoms with E-state index in [1.54, 1.807) is 37.3 Å². The molecule has 8 heteroatoms. The van der Waals surface area contributed by atoms with E-state index >= 15 is 0 Å². The molecular formula is C18H23ClN4O3. The molecule has 7 nitrogen and oxygen atoms in total. The van der Waals surface area contributed by atoms with Crippen molar-refractivity contribution in [3.8, 4) is 11.6 Å². The number of hydrogen-bond donors (Lipinski definition) is 3. The first kappa shape index (κ1) is 21.4. The van der Waals surface area contributed by atoms with Gasteiger partial charge in [0.1, 0.15) is 5.75 Å². The number of carbonyl (C=O) groups is 2. The predicted octanol–water partition coefficient (Wildman–Crippen LogP) is 2.85. The molecule has 2 aromatic rings. The van der Waals surface area contributed by atoms with Crippen LogP contribution >= 0.6 is 12.4 Å². The summed E-state index contributed by atoms with van der Waals surface area (Å²) in [6.45, 7) is 3.67. The highest BCUT2D eigenvalue weighted by Gasteiger charge is 2.27. The molecule has 0 fully saturated rings. The normalized spacial score (nSPS) is 12.4. The first-order chi connectivity index (χ1) is 11.8. The number of ether oxygens (including phenoxy) is 1. The predicted molar refractivity (Wildman–Crippen MR) is 103 cm³/mol. The zero-order valence-corrected chi connectivity index (χ0v) is 15.5. The molecule has 2 amide bonds.